The lowest BCUT2D eigenvalue weighted by molar-refractivity contribution is -0.0498. The van der Waals surface area contributed by atoms with Crippen molar-refractivity contribution in [2.75, 3.05) is 5.32 Å². The molecule has 9 heteroatoms. The SMILES string of the molecule is O=C(Nc1cnn(Cc2ccc(F)cc2Cl)c1)c1ccc(OC(F)F)cc1. The fraction of sp³-hybridized carbons (Fsp3) is 0.111. The molecule has 0 saturated carbocycles. The molecule has 0 bridgehead atoms. The predicted octanol–water partition coefficient (Wildman–Crippen LogP) is 4.58. The molecule has 0 aliphatic heterocycles. The van der Waals surface area contributed by atoms with Crippen molar-refractivity contribution in [2.24, 2.45) is 0 Å². The van der Waals surface area contributed by atoms with E-state index >= 15 is 0 Å². The van der Waals surface area contributed by atoms with E-state index < -0.39 is 18.3 Å². The van der Waals surface area contributed by atoms with E-state index in [0.717, 1.165) is 0 Å². The normalized spacial score (nSPS) is 10.9. The summed E-state index contributed by atoms with van der Waals surface area (Å²) in [4.78, 5) is 12.2. The van der Waals surface area contributed by atoms with Crippen LogP contribution in [-0.2, 0) is 6.54 Å². The van der Waals surface area contributed by atoms with Crippen LogP contribution in [0.5, 0.6) is 5.75 Å². The fourth-order valence-corrected chi connectivity index (χ4v) is 2.56. The minimum atomic E-state index is -2.93. The van der Waals surface area contributed by atoms with Crippen LogP contribution in [0, 0.1) is 5.82 Å². The molecule has 0 aliphatic carbocycles. The van der Waals surface area contributed by atoms with E-state index in [0.29, 0.717) is 17.8 Å². The van der Waals surface area contributed by atoms with Crippen LogP contribution in [0.2, 0.25) is 5.02 Å². The van der Waals surface area contributed by atoms with Gasteiger partial charge < -0.3 is 10.1 Å². The van der Waals surface area contributed by atoms with Gasteiger partial charge in [-0.05, 0) is 42.0 Å². The van der Waals surface area contributed by atoms with Gasteiger partial charge in [-0.15, -0.1) is 0 Å². The molecule has 140 valence electrons. The Morgan fingerprint density at radius 2 is 1.96 bits per heavy atom. The van der Waals surface area contributed by atoms with Crippen LogP contribution in [0.15, 0.2) is 54.9 Å². The quantitative estimate of drug-likeness (QED) is 0.664. The van der Waals surface area contributed by atoms with E-state index in [1.54, 1.807) is 12.3 Å². The Morgan fingerprint density at radius 1 is 1.22 bits per heavy atom. The summed E-state index contributed by atoms with van der Waals surface area (Å²) in [6.45, 7) is -2.63. The van der Waals surface area contributed by atoms with Crippen molar-refractivity contribution < 1.29 is 22.7 Å². The van der Waals surface area contributed by atoms with Crippen molar-refractivity contribution >= 4 is 23.2 Å². The largest absolute Gasteiger partial charge is 0.435 e. The number of halogens is 4. The van der Waals surface area contributed by atoms with Crippen molar-refractivity contribution in [2.45, 2.75) is 13.2 Å². The lowest BCUT2D eigenvalue weighted by Crippen LogP contribution is -2.11. The van der Waals surface area contributed by atoms with Gasteiger partial charge in [-0.1, -0.05) is 17.7 Å². The van der Waals surface area contributed by atoms with Crippen LogP contribution in [0.1, 0.15) is 15.9 Å². The smallest absolute Gasteiger partial charge is 0.387 e. The van der Waals surface area contributed by atoms with Gasteiger partial charge in [-0.3, -0.25) is 9.48 Å². The second-order valence-electron chi connectivity index (χ2n) is 5.52. The van der Waals surface area contributed by atoms with Gasteiger partial charge in [0.05, 0.1) is 18.4 Å². The van der Waals surface area contributed by atoms with Gasteiger partial charge in [0, 0.05) is 16.8 Å². The Balaban J connectivity index is 1.63. The van der Waals surface area contributed by atoms with E-state index in [9.17, 15) is 18.0 Å². The number of aromatic nitrogens is 2. The molecule has 1 N–H and O–H groups in total. The van der Waals surface area contributed by atoms with E-state index in [-0.39, 0.29) is 16.3 Å². The maximum absolute atomic E-state index is 13.1. The molecular weight excluding hydrogens is 383 g/mol. The van der Waals surface area contributed by atoms with Gasteiger partial charge in [0.1, 0.15) is 11.6 Å². The summed E-state index contributed by atoms with van der Waals surface area (Å²) in [5.74, 6) is -0.898. The Labute approximate surface area is 157 Å². The molecule has 0 unspecified atom stereocenters. The summed E-state index contributed by atoms with van der Waals surface area (Å²) >= 11 is 5.99. The zero-order valence-electron chi connectivity index (χ0n) is 13.7. The zero-order valence-corrected chi connectivity index (χ0v) is 14.5. The Hall–Kier alpha value is -3.00. The number of ether oxygens (including phenoxy) is 1. The second kappa shape index (κ2) is 8.13. The molecule has 1 heterocycles. The van der Waals surface area contributed by atoms with Crippen molar-refractivity contribution in [1.29, 1.82) is 0 Å². The molecule has 3 rings (SSSR count). The summed E-state index contributed by atoms with van der Waals surface area (Å²) in [6.07, 6.45) is 3.04. The third-order valence-electron chi connectivity index (χ3n) is 3.58. The summed E-state index contributed by atoms with van der Waals surface area (Å²) in [5.41, 5.74) is 1.38. The van der Waals surface area contributed by atoms with Crippen LogP contribution in [0.3, 0.4) is 0 Å². The first-order valence-electron chi connectivity index (χ1n) is 7.73. The summed E-state index contributed by atoms with van der Waals surface area (Å²) in [7, 11) is 0. The van der Waals surface area contributed by atoms with Gasteiger partial charge >= 0.3 is 6.61 Å². The number of amides is 1. The average Bonchev–Trinajstić information content (AvgIpc) is 3.04. The standard InChI is InChI=1S/C18H13ClF3N3O2/c19-16-7-13(20)4-1-12(16)9-25-10-14(8-23-25)24-17(26)11-2-5-15(6-3-11)27-18(21)22/h1-8,10,18H,9H2,(H,24,26). The van der Waals surface area contributed by atoms with Crippen LogP contribution >= 0.6 is 11.6 Å². The van der Waals surface area contributed by atoms with Crippen LogP contribution in [0.4, 0.5) is 18.9 Å². The van der Waals surface area contributed by atoms with Crippen molar-refractivity contribution in [1.82, 2.24) is 9.78 Å². The van der Waals surface area contributed by atoms with Crippen LogP contribution in [-0.4, -0.2) is 22.3 Å². The van der Waals surface area contributed by atoms with E-state index in [1.165, 1.54) is 47.3 Å². The average molecular weight is 396 g/mol. The second-order valence-corrected chi connectivity index (χ2v) is 5.93. The monoisotopic (exact) mass is 395 g/mol. The first-order chi connectivity index (χ1) is 12.9. The van der Waals surface area contributed by atoms with E-state index in [1.807, 2.05) is 0 Å². The van der Waals surface area contributed by atoms with Crippen molar-refractivity contribution in [3.05, 3.63) is 76.8 Å². The van der Waals surface area contributed by atoms with Crippen molar-refractivity contribution in [3.8, 4) is 5.75 Å². The van der Waals surface area contributed by atoms with Gasteiger partial charge in [-0.2, -0.15) is 13.9 Å². The van der Waals surface area contributed by atoms with E-state index in [4.69, 9.17) is 11.6 Å². The van der Waals surface area contributed by atoms with E-state index in [2.05, 4.69) is 15.2 Å². The highest BCUT2D eigenvalue weighted by molar-refractivity contribution is 6.31. The van der Waals surface area contributed by atoms with Crippen LogP contribution < -0.4 is 10.1 Å². The summed E-state index contributed by atoms with van der Waals surface area (Å²) < 4.78 is 43.1. The molecule has 0 fully saturated rings. The molecule has 1 amide bonds. The highest BCUT2D eigenvalue weighted by Gasteiger charge is 2.10. The molecular formula is C18H13ClF3N3O2. The number of anilines is 1. The molecule has 5 nitrogen and oxygen atoms in total. The number of rotatable bonds is 6. The highest BCUT2D eigenvalue weighted by atomic mass is 35.5. The molecule has 2 aromatic carbocycles. The number of carbonyl (C=O) groups excluding carboxylic acids is 1. The molecule has 0 saturated heterocycles. The number of carbonyl (C=O) groups is 1. The summed E-state index contributed by atoms with van der Waals surface area (Å²) in [5, 5.41) is 7.04. The first kappa shape index (κ1) is 18.8. The molecule has 0 aliphatic rings. The summed E-state index contributed by atoms with van der Waals surface area (Å²) in [6, 6.07) is 9.37. The number of nitrogens with one attached hydrogen (secondary N) is 1. The number of alkyl halides is 2. The minimum Gasteiger partial charge on any atom is -0.435 e. The third kappa shape index (κ3) is 5.01. The number of hydrogen-bond donors (Lipinski definition) is 1. The molecule has 27 heavy (non-hydrogen) atoms. The molecule has 3 aromatic rings. The van der Waals surface area contributed by atoms with Crippen LogP contribution in [0.25, 0.3) is 0 Å². The molecule has 0 radical (unpaired) electrons. The Kier molecular flexibility index (Phi) is 5.66. The number of hydrogen-bond acceptors (Lipinski definition) is 3. The number of nitrogens with zero attached hydrogens (tertiary/aromatic N) is 2. The van der Waals surface area contributed by atoms with Crippen molar-refractivity contribution in [3.63, 3.8) is 0 Å². The topological polar surface area (TPSA) is 56.2 Å². The fourth-order valence-electron chi connectivity index (χ4n) is 2.33. The Bertz CT molecular complexity index is 945. The lowest BCUT2D eigenvalue weighted by atomic mass is 10.2. The van der Waals surface area contributed by atoms with Gasteiger partial charge in [0.15, 0.2) is 0 Å². The van der Waals surface area contributed by atoms with Gasteiger partial charge in [0.2, 0.25) is 0 Å². The molecule has 0 spiro atoms. The minimum absolute atomic E-state index is 0.0365. The predicted molar refractivity (Wildman–Crippen MR) is 93.8 cm³/mol. The molecule has 0 atom stereocenters. The maximum Gasteiger partial charge on any atom is 0.387 e. The first-order valence-corrected chi connectivity index (χ1v) is 8.11. The van der Waals surface area contributed by atoms with Gasteiger partial charge in [0.25, 0.3) is 5.91 Å². The molecule has 1 aromatic heterocycles. The lowest BCUT2D eigenvalue weighted by Gasteiger charge is -2.06. The maximum atomic E-state index is 13.1. The Morgan fingerprint density at radius 3 is 2.63 bits per heavy atom. The third-order valence-corrected chi connectivity index (χ3v) is 3.93. The highest BCUT2D eigenvalue weighted by Crippen LogP contribution is 2.19. The zero-order chi connectivity index (χ0) is 19.4. The number of benzene rings is 2. The van der Waals surface area contributed by atoms with Gasteiger partial charge in [-0.25, -0.2) is 4.39 Å².